The third-order valence-corrected chi connectivity index (χ3v) is 3.86. The summed E-state index contributed by atoms with van der Waals surface area (Å²) < 4.78 is 16.3. The van der Waals surface area contributed by atoms with Crippen molar-refractivity contribution in [2.24, 2.45) is 0 Å². The number of carbonyl (C=O) groups excluding carboxylic acids is 2. The van der Waals surface area contributed by atoms with Gasteiger partial charge in [0.15, 0.2) is 6.61 Å². The zero-order valence-corrected chi connectivity index (χ0v) is 15.0. The first kappa shape index (κ1) is 18.0. The van der Waals surface area contributed by atoms with E-state index in [-0.39, 0.29) is 18.8 Å². The monoisotopic (exact) mass is 392 g/mol. The largest absolute Gasteiger partial charge is 0.497 e. The number of hydrogen-bond acceptors (Lipinski definition) is 5. The number of halogens is 1. The molecule has 0 bridgehead atoms. The Morgan fingerprint density at radius 3 is 2.33 bits per heavy atom. The van der Waals surface area contributed by atoms with E-state index in [2.05, 4.69) is 15.9 Å². The van der Waals surface area contributed by atoms with Gasteiger partial charge in [-0.25, -0.2) is 0 Å². The first-order valence-electron chi connectivity index (χ1n) is 7.18. The maximum Gasteiger partial charge on any atom is 0.310 e. The second-order valence-electron chi connectivity index (χ2n) is 4.95. The molecule has 0 aromatic heterocycles. The van der Waals surface area contributed by atoms with Crippen LogP contribution in [0.4, 0.5) is 0 Å². The van der Waals surface area contributed by atoms with Crippen molar-refractivity contribution in [1.82, 2.24) is 0 Å². The molecule has 24 heavy (non-hydrogen) atoms. The maximum atomic E-state index is 12.2. The van der Waals surface area contributed by atoms with E-state index in [0.29, 0.717) is 17.1 Å². The molecule has 0 amide bonds. The fraction of sp³-hybridized carbons (Fsp3) is 0.222. The van der Waals surface area contributed by atoms with Gasteiger partial charge >= 0.3 is 5.97 Å². The lowest BCUT2D eigenvalue weighted by molar-refractivity contribution is -0.141. The van der Waals surface area contributed by atoms with Crippen LogP contribution in [0.2, 0.25) is 0 Å². The number of esters is 1. The van der Waals surface area contributed by atoms with Crippen LogP contribution in [-0.2, 0) is 16.0 Å². The van der Waals surface area contributed by atoms with Gasteiger partial charge < -0.3 is 14.2 Å². The summed E-state index contributed by atoms with van der Waals surface area (Å²) in [5, 5.41) is 0. The zero-order chi connectivity index (χ0) is 17.5. The molecule has 5 nitrogen and oxygen atoms in total. The summed E-state index contributed by atoms with van der Waals surface area (Å²) in [6.07, 6.45) is 0.111. The predicted octanol–water partition coefficient (Wildman–Crippen LogP) is 3.43. The second-order valence-corrected chi connectivity index (χ2v) is 5.87. The third-order valence-electron chi connectivity index (χ3n) is 3.34. The third kappa shape index (κ3) is 4.83. The highest BCUT2D eigenvalue weighted by Gasteiger charge is 2.15. The molecule has 0 saturated carbocycles. The Balaban J connectivity index is 1.95. The smallest absolute Gasteiger partial charge is 0.310 e. The fourth-order valence-electron chi connectivity index (χ4n) is 2.07. The molecule has 0 saturated heterocycles. The van der Waals surface area contributed by atoms with Gasteiger partial charge in [-0.2, -0.15) is 0 Å². The quantitative estimate of drug-likeness (QED) is 0.533. The average Bonchev–Trinajstić information content (AvgIpc) is 2.61. The molecule has 2 rings (SSSR count). The van der Waals surface area contributed by atoms with Gasteiger partial charge in [-0.05, 0) is 29.8 Å². The predicted molar refractivity (Wildman–Crippen MR) is 92.7 cm³/mol. The highest BCUT2D eigenvalue weighted by molar-refractivity contribution is 9.10. The Kier molecular flexibility index (Phi) is 6.37. The molecule has 0 aliphatic rings. The number of ketones is 1. The highest BCUT2D eigenvalue weighted by atomic mass is 79.9. The van der Waals surface area contributed by atoms with Gasteiger partial charge in [-0.15, -0.1) is 0 Å². The van der Waals surface area contributed by atoms with E-state index < -0.39 is 5.97 Å². The number of hydrogen-bond donors (Lipinski definition) is 0. The molecular weight excluding hydrogens is 376 g/mol. The van der Waals surface area contributed by atoms with Gasteiger partial charge in [0, 0.05) is 10.5 Å². The number of Topliss-reactive ketones (excluding diaryl/α,β-unsaturated/α-hetero) is 1. The van der Waals surface area contributed by atoms with Gasteiger partial charge in [-0.1, -0.05) is 28.1 Å². The van der Waals surface area contributed by atoms with Crippen molar-refractivity contribution in [2.45, 2.75) is 6.42 Å². The summed E-state index contributed by atoms with van der Waals surface area (Å²) in [6.45, 7) is -0.335. The molecular formula is C18H17BrO5. The first-order valence-corrected chi connectivity index (χ1v) is 7.98. The SMILES string of the molecule is COc1ccc(C(=O)COC(=O)Cc2ccc(Br)cc2)c(OC)c1. The molecule has 126 valence electrons. The zero-order valence-electron chi connectivity index (χ0n) is 13.4. The lowest BCUT2D eigenvalue weighted by Crippen LogP contribution is -2.16. The Morgan fingerprint density at radius 2 is 1.71 bits per heavy atom. The maximum absolute atomic E-state index is 12.2. The van der Waals surface area contributed by atoms with Gasteiger partial charge in [0.25, 0.3) is 0 Å². The summed E-state index contributed by atoms with van der Waals surface area (Å²) in [5.74, 6) is 0.163. The number of rotatable bonds is 7. The molecule has 0 atom stereocenters. The van der Waals surface area contributed by atoms with Crippen molar-refractivity contribution in [1.29, 1.82) is 0 Å². The van der Waals surface area contributed by atoms with Crippen molar-refractivity contribution in [2.75, 3.05) is 20.8 Å². The van der Waals surface area contributed by atoms with Crippen LogP contribution in [0.1, 0.15) is 15.9 Å². The van der Waals surface area contributed by atoms with E-state index >= 15 is 0 Å². The van der Waals surface area contributed by atoms with Crippen molar-refractivity contribution in [3.8, 4) is 11.5 Å². The topological polar surface area (TPSA) is 61.8 Å². The van der Waals surface area contributed by atoms with E-state index in [1.54, 1.807) is 18.2 Å². The van der Waals surface area contributed by atoms with Gasteiger partial charge in [0.2, 0.25) is 5.78 Å². The van der Waals surface area contributed by atoms with Crippen molar-refractivity contribution >= 4 is 27.7 Å². The minimum absolute atomic E-state index is 0.111. The van der Waals surface area contributed by atoms with E-state index in [1.807, 2.05) is 24.3 Å². The van der Waals surface area contributed by atoms with Crippen LogP contribution in [-0.4, -0.2) is 32.6 Å². The van der Waals surface area contributed by atoms with Crippen molar-refractivity contribution in [3.05, 3.63) is 58.1 Å². The summed E-state index contributed by atoms with van der Waals surface area (Å²) in [6, 6.07) is 12.2. The molecule has 2 aromatic carbocycles. The lowest BCUT2D eigenvalue weighted by Gasteiger charge is -2.10. The number of carbonyl (C=O) groups is 2. The molecule has 0 fully saturated rings. The number of ether oxygens (including phenoxy) is 3. The van der Waals surface area contributed by atoms with E-state index in [0.717, 1.165) is 10.0 Å². The van der Waals surface area contributed by atoms with E-state index in [9.17, 15) is 9.59 Å². The Labute approximate surface area is 148 Å². The average molecular weight is 393 g/mol. The van der Waals surface area contributed by atoms with Crippen LogP contribution in [0.25, 0.3) is 0 Å². The Bertz CT molecular complexity index is 725. The molecule has 0 aliphatic carbocycles. The number of methoxy groups -OCH3 is 2. The van der Waals surface area contributed by atoms with Crippen LogP contribution in [0, 0.1) is 0 Å². The van der Waals surface area contributed by atoms with Gasteiger partial charge in [0.1, 0.15) is 11.5 Å². The van der Waals surface area contributed by atoms with E-state index in [1.165, 1.54) is 14.2 Å². The summed E-state index contributed by atoms with van der Waals surface area (Å²) in [4.78, 5) is 24.1. The summed E-state index contributed by atoms with van der Waals surface area (Å²) in [5.41, 5.74) is 1.16. The van der Waals surface area contributed by atoms with Crippen LogP contribution in [0.3, 0.4) is 0 Å². The second kappa shape index (κ2) is 8.49. The molecule has 0 radical (unpaired) electrons. The van der Waals surface area contributed by atoms with Crippen LogP contribution >= 0.6 is 15.9 Å². The Morgan fingerprint density at radius 1 is 1.00 bits per heavy atom. The van der Waals surface area contributed by atoms with E-state index in [4.69, 9.17) is 14.2 Å². The van der Waals surface area contributed by atoms with Crippen molar-refractivity contribution in [3.63, 3.8) is 0 Å². The highest BCUT2D eigenvalue weighted by Crippen LogP contribution is 2.25. The van der Waals surface area contributed by atoms with Crippen LogP contribution in [0.15, 0.2) is 46.9 Å². The molecule has 0 aliphatic heterocycles. The first-order chi connectivity index (χ1) is 11.5. The normalized spacial score (nSPS) is 10.1. The standard InChI is InChI=1S/C18H17BrO5/c1-22-14-7-8-15(17(10-14)23-2)16(20)11-24-18(21)9-12-3-5-13(19)6-4-12/h3-8,10H,9,11H2,1-2H3. The van der Waals surface area contributed by atoms with Crippen molar-refractivity contribution < 1.29 is 23.8 Å². The van der Waals surface area contributed by atoms with Gasteiger partial charge in [0.05, 0.1) is 26.2 Å². The molecule has 6 heteroatoms. The molecule has 0 unspecified atom stereocenters. The summed E-state index contributed by atoms with van der Waals surface area (Å²) in [7, 11) is 2.99. The molecule has 0 N–H and O–H groups in total. The van der Waals surface area contributed by atoms with Gasteiger partial charge in [-0.3, -0.25) is 9.59 Å². The minimum Gasteiger partial charge on any atom is -0.497 e. The summed E-state index contributed by atoms with van der Waals surface area (Å²) >= 11 is 3.33. The van der Waals surface area contributed by atoms with Crippen LogP contribution < -0.4 is 9.47 Å². The lowest BCUT2D eigenvalue weighted by atomic mass is 10.1. The molecule has 0 spiro atoms. The fourth-order valence-corrected chi connectivity index (χ4v) is 2.34. The minimum atomic E-state index is -0.460. The molecule has 2 aromatic rings. The number of benzene rings is 2. The van der Waals surface area contributed by atoms with Crippen LogP contribution in [0.5, 0.6) is 11.5 Å². The molecule has 0 heterocycles. The Hall–Kier alpha value is -2.34.